The fourth-order valence-corrected chi connectivity index (χ4v) is 10.8. The van der Waals surface area contributed by atoms with Gasteiger partial charge in [-0.15, -0.1) is 0 Å². The van der Waals surface area contributed by atoms with Gasteiger partial charge in [0.2, 0.25) is 0 Å². The Morgan fingerprint density at radius 2 is 0.557 bits per heavy atom. The van der Waals surface area contributed by atoms with E-state index in [1.54, 1.807) is 9.80 Å². The van der Waals surface area contributed by atoms with Gasteiger partial charge in [0.05, 0.1) is 35.8 Å². The molecule has 4 nitrogen and oxygen atoms in total. The lowest BCUT2D eigenvalue weighted by molar-refractivity contribution is 1.18. The van der Waals surface area contributed by atoms with E-state index < -0.39 is 36.3 Å². The molecule has 2 aromatic heterocycles. The van der Waals surface area contributed by atoms with Crippen LogP contribution in [0.4, 0.5) is 34.1 Å². The standard InChI is InChI=1S/C66H44N4/c1-5-21-45(22-6-1)67(46-23-7-2-8-24-46)49-37-41-51(42-38-49)69-59-35-19-17-33-57(59)61-53-29-13-16-32-56(53)64-63(65(61)69)55-31-15-14-30-54(55)62-58-34-18-20-36-60(58)70(66(62)64)52-43-39-50(40-44-52)68(47-25-9-3-10-26-47)48-27-11-4-12-28-48/h1-44H/i1D,3D,5D,6D,9D,10D,21D,22D,25D,26D. The van der Waals surface area contributed by atoms with Gasteiger partial charge in [0.15, 0.2) is 0 Å². The third-order valence-electron chi connectivity index (χ3n) is 13.6. The van der Waals surface area contributed by atoms with Gasteiger partial charge >= 0.3 is 0 Å². The molecule has 0 N–H and O–H groups in total. The van der Waals surface area contributed by atoms with Crippen LogP contribution in [0.2, 0.25) is 0 Å². The van der Waals surface area contributed by atoms with E-state index in [9.17, 15) is 0 Å². The summed E-state index contributed by atoms with van der Waals surface area (Å²) in [6.45, 7) is 0. The molecular weight excluding hydrogens is 849 g/mol. The summed E-state index contributed by atoms with van der Waals surface area (Å²) in [6.07, 6.45) is 0. The zero-order chi connectivity index (χ0) is 54.8. The third kappa shape index (κ3) is 6.10. The number of para-hydroxylation sites is 6. The molecule has 0 unspecified atom stereocenters. The number of hydrogen-bond donors (Lipinski definition) is 0. The smallest absolute Gasteiger partial charge is 0.0645 e. The highest BCUT2D eigenvalue weighted by Crippen LogP contribution is 2.50. The average molecular weight is 903 g/mol. The molecule has 0 saturated carbocycles. The number of fused-ring (bicyclic) bond motifs is 15. The summed E-state index contributed by atoms with van der Waals surface area (Å²) < 4.78 is 92.0. The minimum absolute atomic E-state index is 0.0485. The van der Waals surface area contributed by atoms with Gasteiger partial charge in [0.25, 0.3) is 0 Å². The first-order valence-corrected chi connectivity index (χ1v) is 23.2. The van der Waals surface area contributed by atoms with Crippen LogP contribution in [-0.2, 0) is 0 Å². The molecule has 0 bridgehead atoms. The summed E-state index contributed by atoms with van der Waals surface area (Å²) in [4.78, 5) is 3.45. The van der Waals surface area contributed by atoms with Crippen molar-refractivity contribution >= 4 is 110 Å². The summed E-state index contributed by atoms with van der Waals surface area (Å²) in [6, 6.07) is 64.9. The Kier molecular flexibility index (Phi) is 7.11. The maximum atomic E-state index is 9.05. The van der Waals surface area contributed by atoms with E-state index in [0.717, 1.165) is 87.3 Å². The van der Waals surface area contributed by atoms with Gasteiger partial charge in [-0.2, -0.15) is 0 Å². The highest BCUT2D eigenvalue weighted by atomic mass is 15.1. The predicted molar refractivity (Wildman–Crippen MR) is 297 cm³/mol. The maximum Gasteiger partial charge on any atom is 0.0645 e. The number of nitrogens with zero attached hydrogens (tertiary/aromatic N) is 4. The molecular formula is C66H44N4. The van der Waals surface area contributed by atoms with Crippen molar-refractivity contribution in [1.29, 1.82) is 0 Å². The van der Waals surface area contributed by atoms with Gasteiger partial charge in [0.1, 0.15) is 0 Å². The zero-order valence-corrected chi connectivity index (χ0v) is 37.4. The lowest BCUT2D eigenvalue weighted by Crippen LogP contribution is -2.09. The zero-order valence-electron chi connectivity index (χ0n) is 47.4. The molecule has 0 aliphatic rings. The van der Waals surface area contributed by atoms with Gasteiger partial charge < -0.3 is 18.9 Å². The monoisotopic (exact) mass is 902 g/mol. The van der Waals surface area contributed by atoms with E-state index in [-0.39, 0.29) is 35.5 Å². The third-order valence-corrected chi connectivity index (χ3v) is 13.6. The molecule has 0 atom stereocenters. The summed E-state index contributed by atoms with van der Waals surface area (Å²) in [7, 11) is 0. The van der Waals surface area contributed by atoms with Gasteiger partial charge in [-0.1, -0.05) is 158 Å². The lowest BCUT2D eigenvalue weighted by Gasteiger charge is -2.26. The molecule has 328 valence electrons. The topological polar surface area (TPSA) is 16.3 Å². The van der Waals surface area contributed by atoms with Gasteiger partial charge in [0, 0.05) is 77.8 Å². The van der Waals surface area contributed by atoms with E-state index in [1.165, 1.54) is 0 Å². The van der Waals surface area contributed by atoms with Crippen molar-refractivity contribution < 1.29 is 13.7 Å². The number of aromatic nitrogens is 2. The van der Waals surface area contributed by atoms with Crippen LogP contribution in [0.1, 0.15) is 13.7 Å². The Morgan fingerprint density at radius 3 is 0.929 bits per heavy atom. The molecule has 12 aromatic carbocycles. The fourth-order valence-electron chi connectivity index (χ4n) is 10.8. The van der Waals surface area contributed by atoms with Gasteiger partial charge in [-0.25, -0.2) is 0 Å². The predicted octanol–water partition coefficient (Wildman–Crippen LogP) is 18.3. The van der Waals surface area contributed by atoms with Crippen LogP contribution in [0.15, 0.2) is 267 Å². The quantitative estimate of drug-likeness (QED) is 0.141. The van der Waals surface area contributed by atoms with Crippen molar-refractivity contribution in [1.82, 2.24) is 9.13 Å². The Balaban J connectivity index is 1.06. The summed E-state index contributed by atoms with van der Waals surface area (Å²) in [5.41, 5.74) is 8.27. The first-order chi connectivity index (χ1) is 38.9. The van der Waals surface area contributed by atoms with Crippen molar-refractivity contribution in [2.24, 2.45) is 0 Å². The molecule has 0 amide bonds. The van der Waals surface area contributed by atoms with Crippen molar-refractivity contribution in [3.8, 4) is 11.4 Å². The fraction of sp³-hybridized carbons (Fsp3) is 0. The molecule has 0 aliphatic carbocycles. The molecule has 4 heteroatoms. The number of anilines is 6. The first-order valence-electron chi connectivity index (χ1n) is 28.2. The first kappa shape index (κ1) is 30.8. The molecule has 2 heterocycles. The number of rotatable bonds is 8. The Morgan fingerprint density at radius 1 is 0.257 bits per heavy atom. The van der Waals surface area contributed by atoms with Crippen LogP contribution < -0.4 is 9.80 Å². The summed E-state index contributed by atoms with van der Waals surface area (Å²) in [5, 5.41) is 10.7. The van der Waals surface area contributed by atoms with E-state index in [2.05, 4.69) is 106 Å². The molecule has 14 rings (SSSR count). The minimum atomic E-state index is -0.457. The maximum absolute atomic E-state index is 9.05. The van der Waals surface area contributed by atoms with E-state index in [0.29, 0.717) is 22.7 Å². The molecule has 14 aromatic rings. The van der Waals surface area contributed by atoms with E-state index >= 15 is 0 Å². The van der Waals surface area contributed by atoms with Crippen molar-refractivity contribution in [3.05, 3.63) is 267 Å². The van der Waals surface area contributed by atoms with E-state index in [1.807, 2.05) is 109 Å². The average Bonchev–Trinajstić information content (AvgIpc) is 2.45. The molecule has 70 heavy (non-hydrogen) atoms. The second-order valence-corrected chi connectivity index (χ2v) is 17.3. The van der Waals surface area contributed by atoms with Crippen LogP contribution in [0.5, 0.6) is 0 Å². The van der Waals surface area contributed by atoms with Crippen LogP contribution in [0, 0.1) is 0 Å². The van der Waals surface area contributed by atoms with Crippen molar-refractivity contribution in [3.63, 3.8) is 0 Å². The van der Waals surface area contributed by atoms with Gasteiger partial charge in [-0.3, -0.25) is 0 Å². The Bertz CT molecular complexity index is 4520. The highest BCUT2D eigenvalue weighted by molar-refractivity contribution is 6.44. The second-order valence-electron chi connectivity index (χ2n) is 17.3. The number of hydrogen-bond acceptors (Lipinski definition) is 2. The van der Waals surface area contributed by atoms with Crippen LogP contribution >= 0.6 is 0 Å². The van der Waals surface area contributed by atoms with Gasteiger partial charge in [-0.05, 0) is 131 Å². The summed E-state index contributed by atoms with van der Waals surface area (Å²) in [5.74, 6) is 0. The Hall–Kier alpha value is -9.38. The molecule has 0 aliphatic heterocycles. The van der Waals surface area contributed by atoms with Crippen LogP contribution in [0.3, 0.4) is 0 Å². The molecule has 0 spiro atoms. The van der Waals surface area contributed by atoms with Crippen LogP contribution in [0.25, 0.3) is 87.3 Å². The number of benzene rings is 12. The molecule has 0 saturated heterocycles. The van der Waals surface area contributed by atoms with Crippen molar-refractivity contribution in [2.75, 3.05) is 9.80 Å². The molecule has 0 fully saturated rings. The molecule has 0 radical (unpaired) electrons. The largest absolute Gasteiger partial charge is 0.311 e. The SMILES string of the molecule is [2H]c1c([2H])c([2H])c(N(c2ccccc2)c2ccc(-n3c4ccccc4c4c5ccccc5c5c(c6ccccc6c6c7ccccc7n(-c7ccc(N(c8ccccc8)c8c([2H])c([2H])c([2H])c([2H])c8[2H])cc7)c65)c43)cc2)c([2H])c1[2H]. The summed E-state index contributed by atoms with van der Waals surface area (Å²) >= 11 is 0. The second kappa shape index (κ2) is 16.2. The Labute approximate surface area is 419 Å². The lowest BCUT2D eigenvalue weighted by atomic mass is 9.90. The minimum Gasteiger partial charge on any atom is -0.311 e. The van der Waals surface area contributed by atoms with Crippen molar-refractivity contribution in [2.45, 2.75) is 0 Å². The van der Waals surface area contributed by atoms with Crippen LogP contribution in [-0.4, -0.2) is 9.13 Å². The van der Waals surface area contributed by atoms with E-state index in [4.69, 9.17) is 13.7 Å². The highest BCUT2D eigenvalue weighted by Gasteiger charge is 2.26. The normalized spacial score (nSPS) is 13.7.